The molecule has 0 aromatic heterocycles. The van der Waals surface area contributed by atoms with E-state index >= 15 is 0 Å². The van der Waals surface area contributed by atoms with E-state index in [0.717, 1.165) is 13.0 Å². The molecular formula is C13H14N2O2. The lowest BCUT2D eigenvalue weighted by molar-refractivity contribution is 0.0741. The molecule has 4 heteroatoms. The minimum Gasteiger partial charge on any atom is -0.380 e. The molecule has 0 atom stereocenters. The molecule has 1 amide bonds. The van der Waals surface area contributed by atoms with Crippen LogP contribution in [0.5, 0.6) is 0 Å². The molecule has 2 rings (SSSR count). The summed E-state index contributed by atoms with van der Waals surface area (Å²) in [5, 5.41) is 8.80. The Hall–Kier alpha value is -1.86. The zero-order valence-corrected chi connectivity index (χ0v) is 9.56. The van der Waals surface area contributed by atoms with E-state index < -0.39 is 0 Å². The van der Waals surface area contributed by atoms with Gasteiger partial charge in [0, 0.05) is 25.3 Å². The molecule has 0 radical (unpaired) electrons. The average molecular weight is 230 g/mol. The molecule has 88 valence electrons. The van der Waals surface area contributed by atoms with Crippen molar-refractivity contribution < 1.29 is 9.53 Å². The Morgan fingerprint density at radius 1 is 1.35 bits per heavy atom. The van der Waals surface area contributed by atoms with Crippen LogP contribution in [0, 0.1) is 11.3 Å². The van der Waals surface area contributed by atoms with Gasteiger partial charge in [-0.2, -0.15) is 5.26 Å². The second kappa shape index (κ2) is 5.46. The number of carbonyl (C=O) groups excluding carboxylic acids is 1. The van der Waals surface area contributed by atoms with Crippen LogP contribution in [0.2, 0.25) is 0 Å². The molecule has 4 nitrogen and oxygen atoms in total. The van der Waals surface area contributed by atoms with Crippen molar-refractivity contribution >= 4 is 5.91 Å². The van der Waals surface area contributed by atoms with E-state index in [9.17, 15) is 4.79 Å². The van der Waals surface area contributed by atoms with Crippen molar-refractivity contribution in [2.75, 3.05) is 26.3 Å². The molecule has 0 saturated carbocycles. The summed E-state index contributed by atoms with van der Waals surface area (Å²) in [6.07, 6.45) is 0.865. The lowest BCUT2D eigenvalue weighted by Gasteiger charge is -2.19. The van der Waals surface area contributed by atoms with Crippen molar-refractivity contribution in [3.05, 3.63) is 35.4 Å². The first-order valence-corrected chi connectivity index (χ1v) is 5.68. The molecule has 1 aromatic rings. The summed E-state index contributed by atoms with van der Waals surface area (Å²) in [5.41, 5.74) is 1.09. The normalized spacial score (nSPS) is 16.1. The van der Waals surface area contributed by atoms with Crippen LogP contribution in [0.25, 0.3) is 0 Å². The van der Waals surface area contributed by atoms with E-state index in [1.165, 1.54) is 0 Å². The Morgan fingerprint density at radius 3 is 3.06 bits per heavy atom. The number of nitriles is 1. The largest absolute Gasteiger partial charge is 0.380 e. The number of ether oxygens (including phenoxy) is 1. The van der Waals surface area contributed by atoms with Crippen LogP contribution < -0.4 is 0 Å². The second-order valence-corrected chi connectivity index (χ2v) is 3.95. The zero-order valence-electron chi connectivity index (χ0n) is 9.56. The molecule has 17 heavy (non-hydrogen) atoms. The fraction of sp³-hybridized carbons (Fsp3) is 0.385. The van der Waals surface area contributed by atoms with Crippen molar-refractivity contribution in [1.82, 2.24) is 4.90 Å². The Balaban J connectivity index is 2.15. The standard InChI is InChI=1S/C13H14N2O2/c14-10-11-3-1-4-12(9-11)13(16)15-5-2-7-17-8-6-15/h1,3-4,9H,2,5-8H2. The lowest BCUT2D eigenvalue weighted by Crippen LogP contribution is -2.33. The molecule has 0 spiro atoms. The summed E-state index contributed by atoms with van der Waals surface area (Å²) in [4.78, 5) is 14.0. The molecule has 0 aliphatic carbocycles. The molecule has 1 heterocycles. The minimum absolute atomic E-state index is 0.0207. The fourth-order valence-electron chi connectivity index (χ4n) is 1.85. The van der Waals surface area contributed by atoms with Crippen LogP contribution in [-0.2, 0) is 4.74 Å². The van der Waals surface area contributed by atoms with Gasteiger partial charge in [-0.1, -0.05) is 6.07 Å². The summed E-state index contributed by atoms with van der Waals surface area (Å²) in [5.74, 6) is -0.0207. The number of hydrogen-bond donors (Lipinski definition) is 0. The Morgan fingerprint density at radius 2 is 2.24 bits per heavy atom. The molecule has 1 aromatic carbocycles. The minimum atomic E-state index is -0.0207. The van der Waals surface area contributed by atoms with Gasteiger partial charge < -0.3 is 9.64 Å². The average Bonchev–Trinajstić information content (AvgIpc) is 2.67. The predicted octanol–water partition coefficient (Wildman–Crippen LogP) is 1.42. The van der Waals surface area contributed by atoms with Gasteiger partial charge in [0.25, 0.3) is 5.91 Å². The molecular weight excluding hydrogens is 216 g/mol. The van der Waals surface area contributed by atoms with Crippen LogP contribution in [0.15, 0.2) is 24.3 Å². The maximum absolute atomic E-state index is 12.2. The number of nitrogens with zero attached hydrogens (tertiary/aromatic N) is 2. The third-order valence-electron chi connectivity index (χ3n) is 2.75. The first-order valence-electron chi connectivity index (χ1n) is 5.68. The van der Waals surface area contributed by atoms with Gasteiger partial charge in [0.2, 0.25) is 0 Å². The van der Waals surface area contributed by atoms with E-state index in [4.69, 9.17) is 10.00 Å². The number of rotatable bonds is 1. The molecule has 1 saturated heterocycles. The van der Waals surface area contributed by atoms with Crippen LogP contribution in [-0.4, -0.2) is 37.1 Å². The fourth-order valence-corrected chi connectivity index (χ4v) is 1.85. The smallest absolute Gasteiger partial charge is 0.253 e. The quantitative estimate of drug-likeness (QED) is 0.733. The van der Waals surface area contributed by atoms with Gasteiger partial charge in [-0.15, -0.1) is 0 Å². The van der Waals surface area contributed by atoms with Crippen LogP contribution in [0.3, 0.4) is 0 Å². The Bertz CT molecular complexity index is 443. The van der Waals surface area contributed by atoms with Crippen molar-refractivity contribution in [2.45, 2.75) is 6.42 Å². The Kier molecular flexibility index (Phi) is 3.73. The molecule has 1 aliphatic rings. The zero-order chi connectivity index (χ0) is 12.1. The monoisotopic (exact) mass is 230 g/mol. The third-order valence-corrected chi connectivity index (χ3v) is 2.75. The van der Waals surface area contributed by atoms with Crippen molar-refractivity contribution in [1.29, 1.82) is 5.26 Å². The maximum atomic E-state index is 12.2. The highest BCUT2D eigenvalue weighted by molar-refractivity contribution is 5.94. The van der Waals surface area contributed by atoms with E-state index in [0.29, 0.717) is 30.9 Å². The van der Waals surface area contributed by atoms with Gasteiger partial charge in [-0.3, -0.25) is 4.79 Å². The van der Waals surface area contributed by atoms with Gasteiger partial charge in [0.15, 0.2) is 0 Å². The number of benzene rings is 1. The highest BCUT2D eigenvalue weighted by Gasteiger charge is 2.17. The van der Waals surface area contributed by atoms with Gasteiger partial charge in [0.05, 0.1) is 18.2 Å². The number of carbonyl (C=O) groups is 1. The van der Waals surface area contributed by atoms with E-state index in [2.05, 4.69) is 0 Å². The summed E-state index contributed by atoms with van der Waals surface area (Å²) >= 11 is 0. The molecule has 1 aliphatic heterocycles. The third kappa shape index (κ3) is 2.83. The van der Waals surface area contributed by atoms with Crippen molar-refractivity contribution in [3.8, 4) is 6.07 Å². The molecule has 0 bridgehead atoms. The van der Waals surface area contributed by atoms with E-state index in [1.54, 1.807) is 29.2 Å². The topological polar surface area (TPSA) is 53.3 Å². The first-order chi connectivity index (χ1) is 8.31. The van der Waals surface area contributed by atoms with Crippen LogP contribution in [0.4, 0.5) is 0 Å². The van der Waals surface area contributed by atoms with Gasteiger partial charge in [0.1, 0.15) is 0 Å². The van der Waals surface area contributed by atoms with Gasteiger partial charge in [-0.05, 0) is 24.6 Å². The molecule has 1 fully saturated rings. The van der Waals surface area contributed by atoms with E-state index in [1.807, 2.05) is 6.07 Å². The highest BCUT2D eigenvalue weighted by atomic mass is 16.5. The number of amides is 1. The Labute approximate surface area is 100 Å². The number of hydrogen-bond acceptors (Lipinski definition) is 3. The van der Waals surface area contributed by atoms with Gasteiger partial charge in [-0.25, -0.2) is 0 Å². The van der Waals surface area contributed by atoms with Crippen LogP contribution in [0.1, 0.15) is 22.3 Å². The SMILES string of the molecule is N#Cc1cccc(C(=O)N2CCCOCC2)c1. The van der Waals surface area contributed by atoms with Crippen molar-refractivity contribution in [3.63, 3.8) is 0 Å². The van der Waals surface area contributed by atoms with Gasteiger partial charge >= 0.3 is 0 Å². The summed E-state index contributed by atoms with van der Waals surface area (Å²) < 4.78 is 5.31. The van der Waals surface area contributed by atoms with Crippen molar-refractivity contribution in [2.24, 2.45) is 0 Å². The molecule has 0 unspecified atom stereocenters. The lowest BCUT2D eigenvalue weighted by atomic mass is 10.1. The maximum Gasteiger partial charge on any atom is 0.253 e. The summed E-state index contributed by atoms with van der Waals surface area (Å²) in [6, 6.07) is 8.85. The first kappa shape index (κ1) is 11.6. The summed E-state index contributed by atoms with van der Waals surface area (Å²) in [6.45, 7) is 2.64. The second-order valence-electron chi connectivity index (χ2n) is 3.95. The summed E-state index contributed by atoms with van der Waals surface area (Å²) in [7, 11) is 0. The highest BCUT2D eigenvalue weighted by Crippen LogP contribution is 2.10. The predicted molar refractivity (Wildman–Crippen MR) is 62.5 cm³/mol. The van der Waals surface area contributed by atoms with E-state index in [-0.39, 0.29) is 5.91 Å². The molecule has 0 N–H and O–H groups in total. The van der Waals surface area contributed by atoms with Crippen LogP contribution >= 0.6 is 0 Å².